The molecule has 1 N–H and O–H groups in total. The van der Waals surface area contributed by atoms with Crippen LogP contribution in [0, 0.1) is 31.4 Å². The van der Waals surface area contributed by atoms with E-state index in [0.29, 0.717) is 69.3 Å². The van der Waals surface area contributed by atoms with Crippen LogP contribution >= 0.6 is 0 Å². The number of carbonyl (C=O) groups is 1. The van der Waals surface area contributed by atoms with Crippen molar-refractivity contribution in [2.24, 2.45) is 5.92 Å². The molecule has 7 heterocycles. The molecule has 5 aromatic heterocycles. The lowest BCUT2D eigenvalue weighted by molar-refractivity contribution is -0.0592. The van der Waals surface area contributed by atoms with E-state index in [0.717, 1.165) is 42.1 Å². The van der Waals surface area contributed by atoms with Crippen molar-refractivity contribution in [1.82, 2.24) is 48.3 Å². The molecule has 0 radical (unpaired) electrons. The first-order valence-corrected chi connectivity index (χ1v) is 24.1. The van der Waals surface area contributed by atoms with E-state index in [4.69, 9.17) is 19.1 Å². The van der Waals surface area contributed by atoms with Crippen molar-refractivity contribution < 1.29 is 27.6 Å². The van der Waals surface area contributed by atoms with Gasteiger partial charge in [0.25, 0.3) is 5.91 Å². The number of amides is 1. The summed E-state index contributed by atoms with van der Waals surface area (Å²) in [6.07, 6.45) is 9.11. The summed E-state index contributed by atoms with van der Waals surface area (Å²) in [5.74, 6) is -1.09. The number of aromatic amines is 1. The molecular weight excluding hydrogens is 899 g/mol. The second-order valence-electron chi connectivity index (χ2n) is 20.7. The van der Waals surface area contributed by atoms with E-state index in [9.17, 15) is 9.59 Å². The Morgan fingerprint density at radius 1 is 0.943 bits per heavy atom. The Hall–Kier alpha value is -6.92. The number of benzene rings is 3. The number of hydrogen-bond acceptors (Lipinski definition) is 9. The quantitative estimate of drug-likeness (QED) is 0.142. The molecular formula is C52H54F2N10O6. The fourth-order valence-corrected chi connectivity index (χ4v) is 11.8. The maximum atomic E-state index is 16.5. The second-order valence-corrected chi connectivity index (χ2v) is 20.7. The molecule has 8 aromatic rings. The van der Waals surface area contributed by atoms with Crippen molar-refractivity contribution in [2.45, 2.75) is 115 Å². The minimum atomic E-state index is -0.901. The molecule has 1 amide bonds. The average Bonchev–Trinajstić information content (AvgIpc) is 3.86. The Morgan fingerprint density at radius 3 is 2.37 bits per heavy atom. The Labute approximate surface area is 400 Å². The highest BCUT2D eigenvalue weighted by Gasteiger charge is 2.59. The topological polar surface area (TPSA) is 165 Å². The number of nitrogens with one attached hydrogen (secondary N) is 1. The maximum Gasteiger partial charge on any atom is 0.438 e. The summed E-state index contributed by atoms with van der Waals surface area (Å²) < 4.78 is 57.2. The van der Waals surface area contributed by atoms with Crippen molar-refractivity contribution in [2.75, 3.05) is 20.3 Å². The molecule has 2 saturated carbocycles. The predicted octanol–water partition coefficient (Wildman–Crippen LogP) is 8.26. The largest absolute Gasteiger partial charge is 0.438 e. The van der Waals surface area contributed by atoms with Gasteiger partial charge in [-0.15, -0.1) is 0 Å². The summed E-state index contributed by atoms with van der Waals surface area (Å²) >= 11 is 0. The molecule has 3 fully saturated rings. The first kappa shape index (κ1) is 44.3. The molecule has 4 aliphatic rings. The first-order chi connectivity index (χ1) is 33.6. The van der Waals surface area contributed by atoms with Gasteiger partial charge in [-0.05, 0) is 138 Å². The highest BCUT2D eigenvalue weighted by Crippen LogP contribution is 2.56. The van der Waals surface area contributed by atoms with Crippen molar-refractivity contribution in [1.29, 1.82) is 0 Å². The fraction of sp³-hybridized carbons (Fsp3) is 0.423. The third-order valence-corrected chi connectivity index (χ3v) is 15.4. The van der Waals surface area contributed by atoms with Crippen LogP contribution in [0.4, 0.5) is 8.78 Å². The molecule has 18 heteroatoms. The number of nitrogens with zero attached hydrogens (tertiary/aromatic N) is 9. The zero-order chi connectivity index (χ0) is 48.7. The molecule has 12 rings (SSSR count). The molecule has 2 aliphatic carbocycles. The van der Waals surface area contributed by atoms with E-state index < -0.39 is 34.9 Å². The lowest BCUT2D eigenvalue weighted by atomic mass is 9.83. The van der Waals surface area contributed by atoms with Crippen LogP contribution in [-0.4, -0.2) is 86.2 Å². The van der Waals surface area contributed by atoms with Gasteiger partial charge in [-0.2, -0.15) is 10.2 Å². The molecule has 5 atom stereocenters. The van der Waals surface area contributed by atoms with Crippen LogP contribution < -0.4 is 11.4 Å². The minimum Gasteiger partial charge on any atom is -0.382 e. The number of H-pyrrole nitrogens is 1. The molecule has 16 nitrogen and oxygen atoms in total. The monoisotopic (exact) mass is 952 g/mol. The maximum absolute atomic E-state index is 16.5. The van der Waals surface area contributed by atoms with Gasteiger partial charge in [0.2, 0.25) is 0 Å². The number of rotatable bonds is 10. The van der Waals surface area contributed by atoms with Crippen LogP contribution in [0.3, 0.4) is 0 Å². The van der Waals surface area contributed by atoms with Crippen molar-refractivity contribution >= 4 is 27.7 Å². The number of halogens is 2. The van der Waals surface area contributed by atoms with Gasteiger partial charge in [0.15, 0.2) is 11.6 Å². The molecule has 70 heavy (non-hydrogen) atoms. The van der Waals surface area contributed by atoms with E-state index in [-0.39, 0.29) is 53.9 Å². The van der Waals surface area contributed by atoms with Crippen LogP contribution in [0.1, 0.15) is 122 Å². The first-order valence-electron chi connectivity index (χ1n) is 24.1. The molecule has 0 bridgehead atoms. The van der Waals surface area contributed by atoms with Gasteiger partial charge in [0, 0.05) is 55.0 Å². The number of aryl methyl sites for hydroxylation is 2. The normalized spacial score (nSPS) is 23.1. The number of imidazole rings is 1. The lowest BCUT2D eigenvalue weighted by Gasteiger charge is -2.40. The van der Waals surface area contributed by atoms with Gasteiger partial charge in [0.1, 0.15) is 22.9 Å². The van der Waals surface area contributed by atoms with Crippen molar-refractivity contribution in [3.8, 4) is 17.2 Å². The Kier molecular flexibility index (Phi) is 10.00. The molecule has 1 saturated heterocycles. The number of carbonyl (C=O) groups excluding carboxylic acids is 1. The molecule has 3 aromatic carbocycles. The van der Waals surface area contributed by atoms with Crippen LogP contribution in [0.5, 0.6) is 0 Å². The Morgan fingerprint density at radius 2 is 1.69 bits per heavy atom. The highest BCUT2D eigenvalue weighted by atomic mass is 19.1. The SMILES string of the molecule is COC[C@H]1c2c(nn(-c3cc(C)c(F)c(C)c3)c2-n2ccn(-c3ccc4c(cnn4C4CC4)c3F)c2=O)C[C@@H](C)N1C(=O)c1cc2cc([C@H]3CCOC(C)(C)C3)ccc2n1[C@@]1(c2noc(=O)[nH]2)C[C@@H]1C. The fourth-order valence-electron chi connectivity index (χ4n) is 11.8. The molecule has 0 unspecified atom stereocenters. The molecule has 362 valence electrons. The van der Waals surface area contributed by atoms with Crippen LogP contribution in [0.2, 0.25) is 0 Å². The number of hydrogen-bond donors (Lipinski definition) is 1. The van der Waals surface area contributed by atoms with Crippen LogP contribution in [-0.2, 0) is 21.4 Å². The van der Waals surface area contributed by atoms with Crippen LogP contribution in [0.25, 0.3) is 39.0 Å². The number of aromatic nitrogens is 9. The highest BCUT2D eigenvalue weighted by molar-refractivity contribution is 6.00. The van der Waals surface area contributed by atoms with Gasteiger partial charge in [-0.3, -0.25) is 28.1 Å². The van der Waals surface area contributed by atoms with E-state index in [2.05, 4.69) is 54.2 Å². The van der Waals surface area contributed by atoms with Crippen molar-refractivity contribution in [3.05, 3.63) is 139 Å². The molecule has 2 aliphatic heterocycles. The standard InChI is InChI=1S/C52H54F2N10O6/c1-27-18-35(19-28(2)44(27)53)64-46(60-16-15-59(50(60)67)40-13-12-39-36(45(40)54)25-55-63(39)34-9-10-34)43-37(57-64)20-30(4)61(42(43)26-68-7)47(65)41-22-33-21-31(32-14-17-69-51(5,6)24-32)8-11-38(33)62(41)52(23-29(52)3)48-56-49(66)70-58-48/h8,11-13,15-16,18-19,21-22,25,29-30,32,34,42H,9-10,14,17,20,23-24,26H2,1-7H3,(H,56,58,66)/t29-,30+,32-,42-,52-/m0/s1. The van der Waals surface area contributed by atoms with Crippen LogP contribution in [0.15, 0.2) is 81.2 Å². The van der Waals surface area contributed by atoms with E-state index in [1.807, 2.05) is 22.2 Å². The summed E-state index contributed by atoms with van der Waals surface area (Å²) in [4.78, 5) is 48.2. The second kappa shape index (κ2) is 15.8. The lowest BCUT2D eigenvalue weighted by Crippen LogP contribution is -2.48. The predicted molar refractivity (Wildman–Crippen MR) is 255 cm³/mol. The van der Waals surface area contributed by atoms with Gasteiger partial charge in [-0.1, -0.05) is 18.1 Å². The number of methoxy groups -OCH3 is 1. The van der Waals surface area contributed by atoms with E-state index in [1.165, 1.54) is 21.5 Å². The average molecular weight is 953 g/mol. The summed E-state index contributed by atoms with van der Waals surface area (Å²) in [6.45, 7) is 12.2. The smallest absolute Gasteiger partial charge is 0.382 e. The summed E-state index contributed by atoms with van der Waals surface area (Å²) in [5.41, 5.74) is 3.69. The van der Waals surface area contributed by atoms with E-state index in [1.54, 1.807) is 61.0 Å². The van der Waals surface area contributed by atoms with Gasteiger partial charge >= 0.3 is 11.4 Å². The summed E-state index contributed by atoms with van der Waals surface area (Å²) in [5, 5.41) is 15.0. The summed E-state index contributed by atoms with van der Waals surface area (Å²) in [6, 6.07) is 14.0. The van der Waals surface area contributed by atoms with Gasteiger partial charge < -0.3 is 18.9 Å². The van der Waals surface area contributed by atoms with Gasteiger partial charge in [0.05, 0.1) is 58.5 Å². The minimum absolute atomic E-state index is 0.0110. The third kappa shape index (κ3) is 6.72. The van der Waals surface area contributed by atoms with Gasteiger partial charge in [-0.25, -0.2) is 23.1 Å². The number of ether oxygens (including phenoxy) is 2. The third-order valence-electron chi connectivity index (χ3n) is 15.4. The zero-order valence-corrected chi connectivity index (χ0v) is 40.1. The Bertz CT molecular complexity index is 3540. The van der Waals surface area contributed by atoms with E-state index >= 15 is 13.6 Å². The Balaban J connectivity index is 1.03. The van der Waals surface area contributed by atoms with Crippen molar-refractivity contribution in [3.63, 3.8) is 0 Å². The zero-order valence-electron chi connectivity index (χ0n) is 40.1. The number of fused-ring (bicyclic) bond motifs is 3. The summed E-state index contributed by atoms with van der Waals surface area (Å²) in [7, 11) is 1.56. The molecule has 0 spiro atoms.